The van der Waals surface area contributed by atoms with Gasteiger partial charge in [0.1, 0.15) is 5.69 Å². The van der Waals surface area contributed by atoms with Crippen LogP contribution in [0.4, 0.5) is 5.69 Å². The largest absolute Gasteiger partial charge is 0.345 e. The van der Waals surface area contributed by atoms with Crippen molar-refractivity contribution in [2.45, 2.75) is 39.7 Å². The van der Waals surface area contributed by atoms with Gasteiger partial charge in [0.2, 0.25) is 0 Å². The van der Waals surface area contributed by atoms with Crippen LogP contribution in [0, 0.1) is 0 Å². The van der Waals surface area contributed by atoms with Crippen molar-refractivity contribution in [1.29, 1.82) is 0 Å². The van der Waals surface area contributed by atoms with Crippen LogP contribution in [0.5, 0.6) is 0 Å². The number of benzene rings is 1. The number of aliphatic imine (C=N–C) groups is 1. The van der Waals surface area contributed by atoms with Gasteiger partial charge in [-0.05, 0) is 12.5 Å². The molecule has 0 atom stereocenters. The second-order valence-electron chi connectivity index (χ2n) is 6.72. The van der Waals surface area contributed by atoms with Crippen LogP contribution in [0.1, 0.15) is 49.4 Å². The molecule has 0 spiro atoms. The Morgan fingerprint density at radius 1 is 1.22 bits per heavy atom. The molecule has 1 aliphatic rings. The Hall–Kier alpha value is -2.43. The molecule has 0 bridgehead atoms. The molecule has 0 saturated heterocycles. The lowest BCUT2D eigenvalue weighted by Gasteiger charge is -2.16. The Labute approximate surface area is 136 Å². The first-order chi connectivity index (χ1) is 10.9. The van der Waals surface area contributed by atoms with Gasteiger partial charge in [-0.1, -0.05) is 51.1 Å². The third-order valence-electron chi connectivity index (χ3n) is 3.92. The fourth-order valence-corrected chi connectivity index (χ4v) is 2.74. The molecule has 1 aromatic carbocycles. The smallest absolute Gasteiger partial charge is 0.272 e. The molecular weight excluding hydrogens is 288 g/mol. The minimum absolute atomic E-state index is 0.112. The predicted octanol–water partition coefficient (Wildman–Crippen LogP) is 3.06. The standard InChI is InChI=1S/C18H22N4O/c1-5-22-15-14(16(21-22)18(2,3)4)20-13(11-19-17(15)23)12-9-7-6-8-10-12/h6-10H,5,11H2,1-4H3,(H,19,23). The van der Waals surface area contributed by atoms with Crippen molar-refractivity contribution >= 4 is 17.3 Å². The topological polar surface area (TPSA) is 59.3 Å². The summed E-state index contributed by atoms with van der Waals surface area (Å²) in [6.07, 6.45) is 0. The van der Waals surface area contributed by atoms with E-state index in [1.807, 2.05) is 37.3 Å². The number of nitrogens with zero attached hydrogens (tertiary/aromatic N) is 3. The molecule has 2 heterocycles. The molecule has 1 aromatic heterocycles. The minimum Gasteiger partial charge on any atom is -0.345 e. The second kappa shape index (κ2) is 5.65. The average Bonchev–Trinajstić information content (AvgIpc) is 2.82. The van der Waals surface area contributed by atoms with Gasteiger partial charge in [0.25, 0.3) is 5.91 Å². The van der Waals surface area contributed by atoms with Gasteiger partial charge in [0.05, 0.1) is 18.0 Å². The van der Waals surface area contributed by atoms with Gasteiger partial charge in [-0.15, -0.1) is 0 Å². The fraction of sp³-hybridized carbons (Fsp3) is 0.389. The van der Waals surface area contributed by atoms with E-state index in [9.17, 15) is 4.79 Å². The molecule has 2 aromatic rings. The zero-order chi connectivity index (χ0) is 16.6. The van der Waals surface area contributed by atoms with Crippen molar-refractivity contribution in [2.24, 2.45) is 4.99 Å². The molecule has 1 aliphatic heterocycles. The fourth-order valence-electron chi connectivity index (χ4n) is 2.74. The van der Waals surface area contributed by atoms with Crippen LogP contribution in [0.25, 0.3) is 0 Å². The van der Waals surface area contributed by atoms with E-state index < -0.39 is 0 Å². The summed E-state index contributed by atoms with van der Waals surface area (Å²) in [6, 6.07) is 9.95. The summed E-state index contributed by atoms with van der Waals surface area (Å²) < 4.78 is 1.75. The lowest BCUT2D eigenvalue weighted by molar-refractivity contribution is 0.0950. The average molecular weight is 310 g/mol. The number of rotatable bonds is 2. The molecule has 1 amide bonds. The molecule has 0 aliphatic carbocycles. The normalized spacial score (nSPS) is 14.8. The predicted molar refractivity (Wildman–Crippen MR) is 91.6 cm³/mol. The number of carbonyl (C=O) groups is 1. The lowest BCUT2D eigenvalue weighted by atomic mass is 9.91. The van der Waals surface area contributed by atoms with E-state index in [-0.39, 0.29) is 11.3 Å². The van der Waals surface area contributed by atoms with Crippen molar-refractivity contribution in [3.63, 3.8) is 0 Å². The minimum atomic E-state index is -0.180. The summed E-state index contributed by atoms with van der Waals surface area (Å²) in [5.41, 5.74) is 3.82. The highest BCUT2D eigenvalue weighted by Crippen LogP contribution is 2.35. The first-order valence-electron chi connectivity index (χ1n) is 7.94. The van der Waals surface area contributed by atoms with Crippen LogP contribution >= 0.6 is 0 Å². The number of aromatic nitrogens is 2. The van der Waals surface area contributed by atoms with Crippen molar-refractivity contribution in [1.82, 2.24) is 15.1 Å². The van der Waals surface area contributed by atoms with Gasteiger partial charge < -0.3 is 5.32 Å². The van der Waals surface area contributed by atoms with Gasteiger partial charge in [0, 0.05) is 12.0 Å². The monoisotopic (exact) mass is 310 g/mol. The summed E-state index contributed by atoms with van der Waals surface area (Å²) in [6.45, 7) is 9.33. The Kier molecular flexibility index (Phi) is 3.80. The second-order valence-corrected chi connectivity index (χ2v) is 6.72. The Bertz CT molecular complexity index is 766. The van der Waals surface area contributed by atoms with Gasteiger partial charge in [0.15, 0.2) is 5.69 Å². The zero-order valence-electron chi connectivity index (χ0n) is 14.1. The maximum absolute atomic E-state index is 12.6. The first kappa shape index (κ1) is 15.5. The molecule has 0 radical (unpaired) electrons. The van der Waals surface area contributed by atoms with Crippen LogP contribution < -0.4 is 5.32 Å². The third-order valence-corrected chi connectivity index (χ3v) is 3.92. The van der Waals surface area contributed by atoms with Crippen LogP contribution in [0.2, 0.25) is 0 Å². The molecule has 1 N–H and O–H groups in total. The highest BCUT2D eigenvalue weighted by Gasteiger charge is 2.31. The van der Waals surface area contributed by atoms with Gasteiger partial charge in [-0.25, -0.2) is 4.99 Å². The summed E-state index contributed by atoms with van der Waals surface area (Å²) >= 11 is 0. The number of hydrogen-bond donors (Lipinski definition) is 1. The molecule has 23 heavy (non-hydrogen) atoms. The van der Waals surface area contributed by atoms with Gasteiger partial charge >= 0.3 is 0 Å². The van der Waals surface area contributed by atoms with E-state index in [2.05, 4.69) is 31.2 Å². The number of fused-ring (bicyclic) bond motifs is 1. The Morgan fingerprint density at radius 2 is 1.91 bits per heavy atom. The van der Waals surface area contributed by atoms with Crippen LogP contribution in [-0.2, 0) is 12.0 Å². The van der Waals surface area contributed by atoms with E-state index >= 15 is 0 Å². The van der Waals surface area contributed by atoms with Crippen molar-refractivity contribution < 1.29 is 4.79 Å². The van der Waals surface area contributed by atoms with E-state index in [0.717, 1.165) is 17.0 Å². The van der Waals surface area contributed by atoms with Crippen LogP contribution in [-0.4, -0.2) is 27.9 Å². The molecule has 5 heteroatoms. The number of hydrogen-bond acceptors (Lipinski definition) is 3. The van der Waals surface area contributed by atoms with E-state index in [0.29, 0.717) is 24.5 Å². The van der Waals surface area contributed by atoms with Crippen molar-refractivity contribution in [2.75, 3.05) is 6.54 Å². The van der Waals surface area contributed by atoms with Gasteiger partial charge in [-0.2, -0.15) is 5.10 Å². The summed E-state index contributed by atoms with van der Waals surface area (Å²) in [7, 11) is 0. The first-order valence-corrected chi connectivity index (χ1v) is 7.94. The molecule has 0 fully saturated rings. The highest BCUT2D eigenvalue weighted by molar-refractivity contribution is 6.10. The number of amides is 1. The lowest BCUT2D eigenvalue weighted by Crippen LogP contribution is -2.29. The van der Waals surface area contributed by atoms with E-state index in [4.69, 9.17) is 4.99 Å². The van der Waals surface area contributed by atoms with Crippen LogP contribution in [0.3, 0.4) is 0 Å². The molecular formula is C18H22N4O. The van der Waals surface area contributed by atoms with Crippen molar-refractivity contribution in [3.8, 4) is 0 Å². The quantitative estimate of drug-likeness (QED) is 0.926. The highest BCUT2D eigenvalue weighted by atomic mass is 16.2. The number of carbonyl (C=O) groups excluding carboxylic acids is 1. The summed E-state index contributed by atoms with van der Waals surface area (Å²) in [5, 5.41) is 7.61. The molecule has 0 saturated carbocycles. The summed E-state index contributed by atoms with van der Waals surface area (Å²) in [4.78, 5) is 17.4. The Balaban J connectivity index is 2.23. The SMILES string of the molecule is CCn1nc(C(C)(C)C)c2c1C(=O)NCC(c1ccccc1)=N2. The third kappa shape index (κ3) is 2.79. The molecule has 120 valence electrons. The zero-order valence-corrected chi connectivity index (χ0v) is 14.1. The van der Waals surface area contributed by atoms with Gasteiger partial charge in [-0.3, -0.25) is 9.48 Å². The maximum Gasteiger partial charge on any atom is 0.272 e. The van der Waals surface area contributed by atoms with Crippen molar-refractivity contribution in [3.05, 3.63) is 47.3 Å². The summed E-state index contributed by atoms with van der Waals surface area (Å²) in [5.74, 6) is -0.112. The molecule has 0 unspecified atom stereocenters. The van der Waals surface area contributed by atoms with Crippen LogP contribution in [0.15, 0.2) is 35.3 Å². The van der Waals surface area contributed by atoms with E-state index in [1.165, 1.54) is 0 Å². The maximum atomic E-state index is 12.6. The molecule has 3 rings (SSSR count). The number of aryl methyl sites for hydroxylation is 1. The molecule has 5 nitrogen and oxygen atoms in total. The number of nitrogens with one attached hydrogen (secondary N) is 1. The van der Waals surface area contributed by atoms with E-state index in [1.54, 1.807) is 4.68 Å². The Morgan fingerprint density at radius 3 is 2.52 bits per heavy atom.